The Kier molecular flexibility index (Phi) is 10.8. The Labute approximate surface area is 229 Å². The first-order valence-corrected chi connectivity index (χ1v) is 13.2. The molecule has 38 heavy (non-hydrogen) atoms. The number of ether oxygens (including phenoxy) is 1. The average Bonchev–Trinajstić information content (AvgIpc) is 3.19. The van der Waals surface area contributed by atoms with Crippen LogP contribution < -0.4 is 21.3 Å². The molecule has 0 bridgehead atoms. The molecule has 1 aliphatic heterocycles. The summed E-state index contributed by atoms with van der Waals surface area (Å²) in [6, 6.07) is 6.00. The number of carbonyl (C=O) groups excluding carboxylic acids is 5. The first kappa shape index (κ1) is 31.1. The number of thiol groups is 1. The van der Waals surface area contributed by atoms with Gasteiger partial charge in [-0.3, -0.25) is 19.2 Å². The number of hydrogen-bond donors (Lipinski definition) is 5. The summed E-state index contributed by atoms with van der Waals surface area (Å²) in [6.45, 7) is 11.0. The minimum atomic E-state index is -1.07. The monoisotopic (exact) mass is 548 g/mol. The highest BCUT2D eigenvalue weighted by molar-refractivity contribution is 7.96. The van der Waals surface area contributed by atoms with Crippen LogP contribution in [0.4, 0.5) is 4.79 Å². The third-order valence-corrected chi connectivity index (χ3v) is 6.31. The zero-order valence-electron chi connectivity index (χ0n) is 22.9. The second kappa shape index (κ2) is 13.1. The van der Waals surface area contributed by atoms with Gasteiger partial charge in [-0.2, -0.15) is 0 Å². The van der Waals surface area contributed by atoms with Gasteiger partial charge in [0.05, 0.1) is 6.04 Å². The Bertz CT molecular complexity index is 1020. The lowest BCUT2D eigenvalue weighted by molar-refractivity contribution is -0.132. The summed E-state index contributed by atoms with van der Waals surface area (Å²) in [7, 11) is 0. The Hall–Kier alpha value is -3.08. The fraction of sp³-hybridized carbons (Fsp3) is 0.593. The molecule has 2 rings (SSSR count). The number of benzene rings is 1. The second-order valence-electron chi connectivity index (χ2n) is 11.6. The van der Waals surface area contributed by atoms with Gasteiger partial charge in [-0.1, -0.05) is 51.1 Å². The maximum atomic E-state index is 13.4. The van der Waals surface area contributed by atoms with Gasteiger partial charge in [-0.05, 0) is 44.6 Å². The average molecular weight is 549 g/mol. The van der Waals surface area contributed by atoms with E-state index in [0.717, 1.165) is 5.56 Å². The molecule has 1 heterocycles. The van der Waals surface area contributed by atoms with Crippen LogP contribution in [0.5, 0.6) is 0 Å². The Balaban J connectivity index is 2.25. The summed E-state index contributed by atoms with van der Waals surface area (Å²) < 4.78 is 5.32. The molecule has 1 saturated heterocycles. The fourth-order valence-electron chi connectivity index (χ4n) is 4.06. The lowest BCUT2D eigenvalue weighted by atomic mass is 9.86. The van der Waals surface area contributed by atoms with Crippen LogP contribution in [0.15, 0.2) is 30.3 Å². The van der Waals surface area contributed by atoms with E-state index in [0.29, 0.717) is 13.0 Å². The highest BCUT2D eigenvalue weighted by Gasteiger charge is 2.37. The number of nitrogens with one attached hydrogen (secondary N) is 4. The largest absolute Gasteiger partial charge is 0.444 e. The smallest absolute Gasteiger partial charge is 0.408 e. The summed E-state index contributed by atoms with van der Waals surface area (Å²) in [5.74, 6) is -1.77. The summed E-state index contributed by atoms with van der Waals surface area (Å²) in [6.07, 6.45) is 0.0443. The minimum Gasteiger partial charge on any atom is -0.444 e. The van der Waals surface area contributed by atoms with Crippen LogP contribution >= 0.6 is 12.6 Å². The molecule has 0 saturated carbocycles. The number of amides is 4. The molecule has 11 heteroatoms. The van der Waals surface area contributed by atoms with Crippen molar-refractivity contribution in [3.63, 3.8) is 0 Å². The molecule has 0 radical (unpaired) electrons. The first-order valence-electron chi connectivity index (χ1n) is 12.7. The number of alkyl carbamates (subject to hydrolysis) is 1. The molecule has 0 aliphatic carbocycles. The summed E-state index contributed by atoms with van der Waals surface area (Å²) in [5.41, 5.74) is -0.693. The topological polar surface area (TPSA) is 143 Å². The van der Waals surface area contributed by atoms with Gasteiger partial charge < -0.3 is 26.0 Å². The third-order valence-electron chi connectivity index (χ3n) is 6.00. The summed E-state index contributed by atoms with van der Waals surface area (Å²) in [5, 5.41) is 10.2. The Morgan fingerprint density at radius 1 is 0.974 bits per heavy atom. The van der Waals surface area contributed by atoms with Crippen LogP contribution in [0.3, 0.4) is 0 Å². The minimum absolute atomic E-state index is 0.108. The molecule has 210 valence electrons. The molecule has 4 amide bonds. The van der Waals surface area contributed by atoms with Gasteiger partial charge >= 0.3 is 6.09 Å². The van der Waals surface area contributed by atoms with Crippen LogP contribution in [-0.2, 0) is 30.3 Å². The molecule has 0 aromatic heterocycles. The highest BCUT2D eigenvalue weighted by Crippen LogP contribution is 2.21. The van der Waals surface area contributed by atoms with Crippen LogP contribution in [0.2, 0.25) is 0 Å². The molecule has 4 N–H and O–H groups in total. The van der Waals surface area contributed by atoms with E-state index in [2.05, 4.69) is 33.9 Å². The molecule has 1 aliphatic rings. The zero-order chi connectivity index (χ0) is 28.7. The van der Waals surface area contributed by atoms with E-state index >= 15 is 0 Å². The van der Waals surface area contributed by atoms with Crippen molar-refractivity contribution in [3.8, 4) is 0 Å². The molecular weight excluding hydrogens is 508 g/mol. The van der Waals surface area contributed by atoms with E-state index in [1.165, 1.54) is 0 Å². The molecule has 1 aromatic rings. The predicted molar refractivity (Wildman–Crippen MR) is 146 cm³/mol. The van der Waals surface area contributed by atoms with Gasteiger partial charge in [0, 0.05) is 18.9 Å². The number of rotatable bonds is 10. The van der Waals surface area contributed by atoms with Crippen molar-refractivity contribution in [3.05, 3.63) is 35.9 Å². The summed E-state index contributed by atoms with van der Waals surface area (Å²) >= 11 is 3.92. The van der Waals surface area contributed by atoms with Gasteiger partial charge in [0.25, 0.3) is 0 Å². The molecule has 0 spiro atoms. The van der Waals surface area contributed by atoms with E-state index in [1.54, 1.807) is 41.5 Å². The van der Waals surface area contributed by atoms with E-state index in [9.17, 15) is 24.0 Å². The van der Waals surface area contributed by atoms with Gasteiger partial charge in [0.2, 0.25) is 22.8 Å². The molecule has 1 aromatic carbocycles. The lowest BCUT2D eigenvalue weighted by Crippen LogP contribution is -2.59. The van der Waals surface area contributed by atoms with Crippen molar-refractivity contribution in [1.29, 1.82) is 0 Å². The third kappa shape index (κ3) is 10.00. The van der Waals surface area contributed by atoms with E-state index in [-0.39, 0.29) is 18.7 Å². The van der Waals surface area contributed by atoms with Crippen LogP contribution in [0.25, 0.3) is 0 Å². The fourth-order valence-corrected chi connectivity index (χ4v) is 4.23. The number of hydrogen-bond acceptors (Lipinski definition) is 6. The van der Waals surface area contributed by atoms with Gasteiger partial charge in [-0.25, -0.2) is 4.79 Å². The quantitative estimate of drug-likeness (QED) is 0.284. The first-order chi connectivity index (χ1) is 17.6. The van der Waals surface area contributed by atoms with Crippen molar-refractivity contribution in [1.82, 2.24) is 21.3 Å². The van der Waals surface area contributed by atoms with Crippen molar-refractivity contribution >= 4 is 41.6 Å². The second-order valence-corrected chi connectivity index (χ2v) is 12.0. The van der Waals surface area contributed by atoms with E-state index in [1.807, 2.05) is 30.3 Å². The van der Waals surface area contributed by atoms with Crippen molar-refractivity contribution in [2.45, 2.75) is 84.5 Å². The van der Waals surface area contributed by atoms with Gasteiger partial charge in [0.1, 0.15) is 17.7 Å². The Morgan fingerprint density at radius 3 is 2.08 bits per heavy atom. The van der Waals surface area contributed by atoms with E-state index < -0.39 is 58.1 Å². The standard InChI is InChI=1S/C27H40N4O6S/c1-26(2,3)20(31-25(36)37-27(4,5)6)23(34)29-18(14-16-10-8-7-9-11-16)22(33)30-19(24(35)38)15-17-12-13-28-21(17)32/h7-11,17-20H,12-15H2,1-6H3,(H,28,32)(H,29,34)(H,30,33)(H,31,36)(H,35,38)/t17-,18-,19-,20+/m0/s1. The molecule has 0 unspecified atom stereocenters. The maximum absolute atomic E-state index is 13.4. The molecule has 10 nitrogen and oxygen atoms in total. The number of carbonyl (C=O) groups is 5. The zero-order valence-corrected chi connectivity index (χ0v) is 23.8. The van der Waals surface area contributed by atoms with Crippen LogP contribution in [0.1, 0.15) is 59.9 Å². The maximum Gasteiger partial charge on any atom is 0.408 e. The molecular formula is C27H40N4O6S. The van der Waals surface area contributed by atoms with Crippen LogP contribution in [0, 0.1) is 11.3 Å². The summed E-state index contributed by atoms with van der Waals surface area (Å²) in [4.78, 5) is 63.6. The predicted octanol–water partition coefficient (Wildman–Crippen LogP) is 2.12. The van der Waals surface area contributed by atoms with Crippen molar-refractivity contribution in [2.75, 3.05) is 6.54 Å². The van der Waals surface area contributed by atoms with Gasteiger partial charge in [0.15, 0.2) is 0 Å². The van der Waals surface area contributed by atoms with Crippen molar-refractivity contribution in [2.24, 2.45) is 11.3 Å². The molecule has 1 fully saturated rings. The lowest BCUT2D eigenvalue weighted by Gasteiger charge is -2.32. The van der Waals surface area contributed by atoms with Crippen LogP contribution in [-0.4, -0.2) is 59.2 Å². The van der Waals surface area contributed by atoms with E-state index in [4.69, 9.17) is 4.74 Å². The normalized spacial score (nSPS) is 18.0. The SMILES string of the molecule is CC(C)(C)OC(=O)N[C@H](C(=O)N[C@@H](Cc1ccccc1)C(=O)N[C@@H](C[C@@H]1CCNC1=O)C(=O)S)C(C)(C)C. The van der Waals surface area contributed by atoms with Crippen molar-refractivity contribution < 1.29 is 28.7 Å². The Morgan fingerprint density at radius 2 is 1.58 bits per heavy atom. The molecule has 4 atom stereocenters. The highest BCUT2D eigenvalue weighted by atomic mass is 32.1. The van der Waals surface area contributed by atoms with Gasteiger partial charge in [-0.15, -0.1) is 12.6 Å².